The van der Waals surface area contributed by atoms with Gasteiger partial charge in [-0.05, 0) is 13.3 Å². The van der Waals surface area contributed by atoms with Crippen molar-refractivity contribution in [2.45, 2.75) is 25.9 Å². The Kier molecular flexibility index (Phi) is 4.51. The number of rotatable bonds is 5. The van der Waals surface area contributed by atoms with E-state index in [0.29, 0.717) is 19.7 Å². The Morgan fingerprint density at radius 3 is 2.67 bits per heavy atom. The standard InChI is InChI=1S/C9H20N2O3S/c1-3-9(7-10-5-6-14-9)8-11-15(12,13)4-2/h10-11H,3-8H2,1-2H3. The maximum Gasteiger partial charge on any atom is 0.211 e. The molecule has 6 heteroatoms. The van der Waals surface area contributed by atoms with Crippen LogP contribution in [0, 0.1) is 0 Å². The van der Waals surface area contributed by atoms with Crippen LogP contribution < -0.4 is 10.0 Å². The van der Waals surface area contributed by atoms with Gasteiger partial charge in [0.1, 0.15) is 0 Å². The third kappa shape index (κ3) is 3.71. The fraction of sp³-hybridized carbons (Fsp3) is 1.00. The maximum absolute atomic E-state index is 11.3. The highest BCUT2D eigenvalue weighted by molar-refractivity contribution is 7.89. The first kappa shape index (κ1) is 12.9. The first-order chi connectivity index (χ1) is 7.04. The van der Waals surface area contributed by atoms with E-state index >= 15 is 0 Å². The third-order valence-electron chi connectivity index (χ3n) is 2.77. The Labute approximate surface area is 91.6 Å². The summed E-state index contributed by atoms with van der Waals surface area (Å²) in [6, 6.07) is 0. The molecule has 0 amide bonds. The Balaban J connectivity index is 2.53. The zero-order valence-corrected chi connectivity index (χ0v) is 10.2. The van der Waals surface area contributed by atoms with Gasteiger partial charge in [0, 0.05) is 19.6 Å². The minimum absolute atomic E-state index is 0.111. The molecular formula is C9H20N2O3S. The molecule has 0 aromatic rings. The van der Waals surface area contributed by atoms with Crippen molar-refractivity contribution in [3.63, 3.8) is 0 Å². The van der Waals surface area contributed by atoms with Crippen molar-refractivity contribution in [2.24, 2.45) is 0 Å². The molecule has 1 aliphatic rings. The molecule has 5 nitrogen and oxygen atoms in total. The molecule has 1 rings (SSSR count). The zero-order valence-electron chi connectivity index (χ0n) is 9.38. The SMILES string of the molecule is CCC1(CNS(=O)(=O)CC)CNCCO1. The van der Waals surface area contributed by atoms with E-state index < -0.39 is 10.0 Å². The van der Waals surface area contributed by atoms with Gasteiger partial charge in [0.2, 0.25) is 10.0 Å². The second-order valence-corrected chi connectivity index (χ2v) is 5.88. The number of sulfonamides is 1. The highest BCUT2D eigenvalue weighted by Crippen LogP contribution is 2.16. The van der Waals surface area contributed by atoms with E-state index in [1.54, 1.807) is 6.92 Å². The van der Waals surface area contributed by atoms with Crippen molar-refractivity contribution in [1.29, 1.82) is 0 Å². The van der Waals surface area contributed by atoms with Crippen LogP contribution in [0.3, 0.4) is 0 Å². The van der Waals surface area contributed by atoms with Crippen molar-refractivity contribution in [3.05, 3.63) is 0 Å². The first-order valence-corrected chi connectivity index (χ1v) is 7.01. The van der Waals surface area contributed by atoms with Gasteiger partial charge in [0.05, 0.1) is 18.0 Å². The second kappa shape index (κ2) is 5.25. The van der Waals surface area contributed by atoms with Crippen LogP contribution in [0.2, 0.25) is 0 Å². The van der Waals surface area contributed by atoms with Gasteiger partial charge < -0.3 is 10.1 Å². The minimum atomic E-state index is -3.12. The summed E-state index contributed by atoms with van der Waals surface area (Å²) in [6.07, 6.45) is 0.798. The average molecular weight is 236 g/mol. The fourth-order valence-electron chi connectivity index (χ4n) is 1.52. The van der Waals surface area contributed by atoms with E-state index in [2.05, 4.69) is 10.0 Å². The summed E-state index contributed by atoms with van der Waals surface area (Å²) in [6.45, 7) is 6.17. The lowest BCUT2D eigenvalue weighted by Gasteiger charge is -2.37. The summed E-state index contributed by atoms with van der Waals surface area (Å²) in [7, 11) is -3.12. The van der Waals surface area contributed by atoms with Gasteiger partial charge in [0.25, 0.3) is 0 Å². The van der Waals surface area contributed by atoms with Crippen molar-refractivity contribution in [2.75, 3.05) is 32.0 Å². The van der Waals surface area contributed by atoms with Crippen LogP contribution in [0.5, 0.6) is 0 Å². The molecule has 2 N–H and O–H groups in total. The van der Waals surface area contributed by atoms with Gasteiger partial charge in [-0.15, -0.1) is 0 Å². The smallest absolute Gasteiger partial charge is 0.211 e. The molecule has 1 heterocycles. The van der Waals surface area contributed by atoms with Crippen molar-refractivity contribution in [3.8, 4) is 0 Å². The second-order valence-electron chi connectivity index (χ2n) is 3.79. The predicted molar refractivity (Wildman–Crippen MR) is 59.3 cm³/mol. The Bertz CT molecular complexity index is 284. The van der Waals surface area contributed by atoms with E-state index in [9.17, 15) is 8.42 Å². The normalized spacial score (nSPS) is 27.9. The van der Waals surface area contributed by atoms with Crippen LogP contribution in [0.4, 0.5) is 0 Å². The Morgan fingerprint density at radius 1 is 1.47 bits per heavy atom. The molecule has 1 unspecified atom stereocenters. The maximum atomic E-state index is 11.3. The lowest BCUT2D eigenvalue weighted by Crippen LogP contribution is -2.55. The lowest BCUT2D eigenvalue weighted by molar-refractivity contribution is -0.0634. The number of ether oxygens (including phenoxy) is 1. The Hall–Kier alpha value is -0.170. The molecule has 0 aromatic heterocycles. The fourth-order valence-corrected chi connectivity index (χ4v) is 2.20. The molecule has 0 aliphatic carbocycles. The number of hydrogen-bond acceptors (Lipinski definition) is 4. The largest absolute Gasteiger partial charge is 0.371 e. The quantitative estimate of drug-likeness (QED) is 0.687. The zero-order chi connectivity index (χ0) is 11.4. The summed E-state index contributed by atoms with van der Waals surface area (Å²) in [5, 5.41) is 3.22. The minimum Gasteiger partial charge on any atom is -0.371 e. The molecule has 90 valence electrons. The molecular weight excluding hydrogens is 216 g/mol. The lowest BCUT2D eigenvalue weighted by atomic mass is 10.00. The number of hydrogen-bond donors (Lipinski definition) is 2. The molecule has 0 bridgehead atoms. The van der Waals surface area contributed by atoms with E-state index in [4.69, 9.17) is 4.74 Å². The van der Waals surface area contributed by atoms with E-state index in [1.807, 2.05) is 6.92 Å². The van der Waals surface area contributed by atoms with Crippen LogP contribution in [-0.4, -0.2) is 46.0 Å². The highest BCUT2D eigenvalue weighted by atomic mass is 32.2. The van der Waals surface area contributed by atoms with Crippen LogP contribution in [0.1, 0.15) is 20.3 Å². The molecule has 0 saturated carbocycles. The predicted octanol–water partition coefficient (Wildman–Crippen LogP) is -0.306. The summed E-state index contributed by atoms with van der Waals surface area (Å²) in [5.74, 6) is 0.111. The monoisotopic (exact) mass is 236 g/mol. The van der Waals surface area contributed by atoms with E-state index in [-0.39, 0.29) is 11.4 Å². The van der Waals surface area contributed by atoms with Crippen molar-refractivity contribution in [1.82, 2.24) is 10.0 Å². The average Bonchev–Trinajstić information content (AvgIpc) is 2.28. The summed E-state index contributed by atoms with van der Waals surface area (Å²) in [4.78, 5) is 0. The summed E-state index contributed by atoms with van der Waals surface area (Å²) >= 11 is 0. The van der Waals surface area contributed by atoms with Gasteiger partial charge in [-0.2, -0.15) is 0 Å². The molecule has 0 radical (unpaired) electrons. The van der Waals surface area contributed by atoms with Crippen LogP contribution in [-0.2, 0) is 14.8 Å². The van der Waals surface area contributed by atoms with E-state index in [1.165, 1.54) is 0 Å². The van der Waals surface area contributed by atoms with Crippen molar-refractivity contribution >= 4 is 10.0 Å². The van der Waals surface area contributed by atoms with Crippen molar-refractivity contribution < 1.29 is 13.2 Å². The molecule has 1 saturated heterocycles. The molecule has 15 heavy (non-hydrogen) atoms. The highest BCUT2D eigenvalue weighted by Gasteiger charge is 2.32. The molecule has 1 atom stereocenters. The Morgan fingerprint density at radius 2 is 2.20 bits per heavy atom. The molecule has 1 fully saturated rings. The van der Waals surface area contributed by atoms with Gasteiger partial charge in [-0.25, -0.2) is 13.1 Å². The van der Waals surface area contributed by atoms with Crippen LogP contribution in [0.15, 0.2) is 0 Å². The van der Waals surface area contributed by atoms with Gasteiger partial charge in [0.15, 0.2) is 0 Å². The number of nitrogens with one attached hydrogen (secondary N) is 2. The topological polar surface area (TPSA) is 67.4 Å². The summed E-state index contributed by atoms with van der Waals surface area (Å²) in [5.41, 5.74) is -0.375. The van der Waals surface area contributed by atoms with Crippen LogP contribution >= 0.6 is 0 Å². The van der Waals surface area contributed by atoms with Gasteiger partial charge in [-0.3, -0.25) is 0 Å². The van der Waals surface area contributed by atoms with Gasteiger partial charge in [-0.1, -0.05) is 6.92 Å². The molecule has 0 aromatic carbocycles. The summed E-state index contributed by atoms with van der Waals surface area (Å²) < 4.78 is 30.9. The van der Waals surface area contributed by atoms with E-state index in [0.717, 1.165) is 13.0 Å². The number of morpholine rings is 1. The first-order valence-electron chi connectivity index (χ1n) is 5.35. The third-order valence-corrected chi connectivity index (χ3v) is 4.12. The molecule has 1 aliphatic heterocycles. The molecule has 0 spiro atoms. The van der Waals surface area contributed by atoms with Crippen LogP contribution in [0.25, 0.3) is 0 Å². The van der Waals surface area contributed by atoms with Gasteiger partial charge >= 0.3 is 0 Å².